The molecule has 1 amide bonds. The van der Waals surface area contributed by atoms with Crippen molar-refractivity contribution in [1.29, 1.82) is 0 Å². The first kappa shape index (κ1) is 22.2. The number of aromatic nitrogens is 3. The van der Waals surface area contributed by atoms with Crippen LogP contribution in [-0.4, -0.2) is 45.8 Å². The van der Waals surface area contributed by atoms with E-state index in [0.717, 1.165) is 40.2 Å². The molecule has 2 aromatic heterocycles. The molecule has 1 fully saturated rings. The zero-order valence-corrected chi connectivity index (χ0v) is 19.2. The van der Waals surface area contributed by atoms with Gasteiger partial charge in [0.25, 0.3) is 0 Å². The molecule has 32 heavy (non-hydrogen) atoms. The summed E-state index contributed by atoms with van der Waals surface area (Å²) >= 11 is 1.49. The van der Waals surface area contributed by atoms with Gasteiger partial charge in [-0.15, -0.1) is 0 Å². The number of nitrogens with zero attached hydrogens (tertiary/aromatic N) is 4. The number of carbonyl (C=O) groups excluding carboxylic acids is 1. The molecule has 4 rings (SSSR count). The first-order valence-electron chi connectivity index (χ1n) is 10.6. The average molecular weight is 459 g/mol. The van der Waals surface area contributed by atoms with Crippen LogP contribution in [0.3, 0.4) is 0 Å². The molecule has 170 valence electrons. The summed E-state index contributed by atoms with van der Waals surface area (Å²) in [6.45, 7) is 6.82. The second-order valence-electron chi connectivity index (χ2n) is 8.87. The molecule has 1 saturated heterocycles. The number of nitrogens with two attached hydrogens (primary N) is 1. The van der Waals surface area contributed by atoms with Gasteiger partial charge in [0.05, 0.1) is 11.0 Å². The molecule has 0 saturated carbocycles. The number of benzene rings is 1. The Balaban J connectivity index is 1.47. The van der Waals surface area contributed by atoms with Crippen LogP contribution in [0.15, 0.2) is 24.3 Å². The summed E-state index contributed by atoms with van der Waals surface area (Å²) in [5, 5.41) is 3.85. The lowest BCUT2D eigenvalue weighted by Crippen LogP contribution is -2.40. The van der Waals surface area contributed by atoms with E-state index in [9.17, 15) is 9.18 Å². The van der Waals surface area contributed by atoms with Crippen LogP contribution in [0.25, 0.3) is 10.3 Å². The van der Waals surface area contributed by atoms with Crippen LogP contribution >= 0.6 is 11.3 Å². The number of hydrogen-bond acceptors (Lipinski definition) is 8. The molecule has 10 heteroatoms. The van der Waals surface area contributed by atoms with Gasteiger partial charge in [-0.1, -0.05) is 23.5 Å². The minimum atomic E-state index is -0.541. The summed E-state index contributed by atoms with van der Waals surface area (Å²) in [4.78, 5) is 28.5. The number of halogens is 1. The van der Waals surface area contributed by atoms with Crippen LogP contribution in [0, 0.1) is 5.82 Å². The fourth-order valence-corrected chi connectivity index (χ4v) is 4.58. The maximum atomic E-state index is 13.1. The fourth-order valence-electron chi connectivity index (χ4n) is 3.64. The number of alkyl carbamates (subject to hydrolysis) is 1. The van der Waals surface area contributed by atoms with Crippen molar-refractivity contribution >= 4 is 39.5 Å². The maximum absolute atomic E-state index is 13.1. The van der Waals surface area contributed by atoms with Gasteiger partial charge in [-0.2, -0.15) is 4.98 Å². The molecule has 1 atom stereocenters. The smallest absolute Gasteiger partial charge is 0.407 e. The summed E-state index contributed by atoms with van der Waals surface area (Å²) in [6.07, 6.45) is 1.82. The van der Waals surface area contributed by atoms with E-state index in [1.165, 1.54) is 23.5 Å². The number of nitrogens with one attached hydrogen (secondary N) is 1. The van der Waals surface area contributed by atoms with Gasteiger partial charge in [0, 0.05) is 19.5 Å². The Hall–Kier alpha value is -3.01. The zero-order valence-electron chi connectivity index (χ0n) is 18.4. The molecule has 0 aliphatic carbocycles. The fraction of sp³-hybridized carbons (Fsp3) is 0.455. The first-order chi connectivity index (χ1) is 15.2. The Bertz CT molecular complexity index is 1110. The molecule has 1 aromatic carbocycles. The standard InChI is InChI=1S/C22H27FN6O2S/c1-22(2,3)31-21(30)25-15-10-11-29(12-15)18-17-19(28-20(24)27-18)32-16(26-17)9-6-13-4-7-14(23)8-5-13/h4-5,7-8,15H,6,9-12H2,1-3H3,(H,25,30)(H2,24,27,28)/t15-/m1/s1. The molecule has 0 spiro atoms. The van der Waals surface area contributed by atoms with Crippen molar-refractivity contribution < 1.29 is 13.9 Å². The molecule has 0 radical (unpaired) electrons. The topological polar surface area (TPSA) is 106 Å². The van der Waals surface area contributed by atoms with Gasteiger partial charge in [0.15, 0.2) is 10.6 Å². The van der Waals surface area contributed by atoms with Gasteiger partial charge in [-0.05, 0) is 51.3 Å². The SMILES string of the molecule is CC(C)(C)OC(=O)N[C@@H]1CCN(c2nc(N)nc3sc(CCc4ccc(F)cc4)nc23)C1. The van der Waals surface area contributed by atoms with Crippen molar-refractivity contribution in [3.05, 3.63) is 40.7 Å². The van der Waals surface area contributed by atoms with E-state index in [1.807, 2.05) is 20.8 Å². The van der Waals surface area contributed by atoms with E-state index in [2.05, 4.69) is 20.2 Å². The Labute approximate surface area is 190 Å². The molecule has 1 aliphatic heterocycles. The average Bonchev–Trinajstić information content (AvgIpc) is 3.32. The molecular formula is C22H27FN6O2S. The normalized spacial score (nSPS) is 16.5. The highest BCUT2D eigenvalue weighted by Crippen LogP contribution is 2.31. The molecule has 0 unspecified atom stereocenters. The molecule has 3 N–H and O–H groups in total. The quantitative estimate of drug-likeness (QED) is 0.600. The van der Waals surface area contributed by atoms with Crippen molar-refractivity contribution in [2.24, 2.45) is 0 Å². The van der Waals surface area contributed by atoms with Crippen LogP contribution in [0.2, 0.25) is 0 Å². The third-order valence-corrected chi connectivity index (χ3v) is 6.06. The Morgan fingerprint density at radius 1 is 1.25 bits per heavy atom. The number of carbonyl (C=O) groups is 1. The number of amides is 1. The summed E-state index contributed by atoms with van der Waals surface area (Å²) in [5.41, 5.74) is 7.20. The number of nitrogen functional groups attached to an aromatic ring is 1. The predicted molar refractivity (Wildman–Crippen MR) is 123 cm³/mol. The van der Waals surface area contributed by atoms with E-state index < -0.39 is 11.7 Å². The van der Waals surface area contributed by atoms with Crippen LogP contribution < -0.4 is 16.0 Å². The van der Waals surface area contributed by atoms with Crippen LogP contribution in [0.4, 0.5) is 21.0 Å². The van der Waals surface area contributed by atoms with Crippen LogP contribution in [0.5, 0.6) is 0 Å². The maximum Gasteiger partial charge on any atom is 0.407 e. The largest absolute Gasteiger partial charge is 0.444 e. The molecule has 1 aliphatic rings. The summed E-state index contributed by atoms with van der Waals surface area (Å²) in [6, 6.07) is 6.45. The Morgan fingerprint density at radius 3 is 2.72 bits per heavy atom. The summed E-state index contributed by atoms with van der Waals surface area (Å²) in [7, 11) is 0. The van der Waals surface area contributed by atoms with Crippen LogP contribution in [0.1, 0.15) is 37.8 Å². The highest BCUT2D eigenvalue weighted by molar-refractivity contribution is 7.18. The minimum absolute atomic E-state index is 0.0485. The van der Waals surface area contributed by atoms with E-state index in [1.54, 1.807) is 12.1 Å². The van der Waals surface area contributed by atoms with Crippen molar-refractivity contribution in [2.75, 3.05) is 23.7 Å². The molecule has 0 bridgehead atoms. The molecule has 8 nitrogen and oxygen atoms in total. The van der Waals surface area contributed by atoms with Crippen molar-refractivity contribution in [2.45, 2.75) is 51.7 Å². The minimum Gasteiger partial charge on any atom is -0.444 e. The predicted octanol–water partition coefficient (Wildman–Crippen LogP) is 3.70. The number of rotatable bonds is 5. The molecule has 3 aromatic rings. The highest BCUT2D eigenvalue weighted by Gasteiger charge is 2.29. The zero-order chi connectivity index (χ0) is 22.9. The molecular weight excluding hydrogens is 431 g/mol. The van der Waals surface area contributed by atoms with E-state index in [4.69, 9.17) is 15.5 Å². The number of anilines is 2. The summed E-state index contributed by atoms with van der Waals surface area (Å²) < 4.78 is 18.5. The number of aryl methyl sites for hydroxylation is 2. The van der Waals surface area contributed by atoms with Crippen molar-refractivity contribution in [3.8, 4) is 0 Å². The van der Waals surface area contributed by atoms with Crippen LogP contribution in [-0.2, 0) is 17.6 Å². The molecule has 3 heterocycles. The third kappa shape index (κ3) is 5.42. The van der Waals surface area contributed by atoms with E-state index in [0.29, 0.717) is 18.9 Å². The number of fused-ring (bicyclic) bond motifs is 1. The van der Waals surface area contributed by atoms with Gasteiger partial charge < -0.3 is 20.7 Å². The van der Waals surface area contributed by atoms with Gasteiger partial charge in [-0.25, -0.2) is 19.2 Å². The number of ether oxygens (including phenoxy) is 1. The monoisotopic (exact) mass is 458 g/mol. The number of hydrogen-bond donors (Lipinski definition) is 2. The van der Waals surface area contributed by atoms with Gasteiger partial charge in [0.1, 0.15) is 16.9 Å². The number of thiazole rings is 1. The van der Waals surface area contributed by atoms with Gasteiger partial charge in [0.2, 0.25) is 5.95 Å². The third-order valence-electron chi connectivity index (χ3n) is 5.05. The second-order valence-corrected chi connectivity index (χ2v) is 9.93. The first-order valence-corrected chi connectivity index (χ1v) is 11.4. The van der Waals surface area contributed by atoms with Crippen molar-refractivity contribution in [3.63, 3.8) is 0 Å². The van der Waals surface area contributed by atoms with E-state index >= 15 is 0 Å². The lowest BCUT2D eigenvalue weighted by atomic mass is 10.1. The Kier molecular flexibility index (Phi) is 6.14. The Morgan fingerprint density at radius 2 is 2.00 bits per heavy atom. The second kappa shape index (κ2) is 8.85. The van der Waals surface area contributed by atoms with Gasteiger partial charge >= 0.3 is 6.09 Å². The highest BCUT2D eigenvalue weighted by atomic mass is 32.1. The lowest BCUT2D eigenvalue weighted by Gasteiger charge is -2.22. The van der Waals surface area contributed by atoms with Crippen molar-refractivity contribution in [1.82, 2.24) is 20.3 Å². The summed E-state index contributed by atoms with van der Waals surface area (Å²) in [5.74, 6) is 0.643. The van der Waals surface area contributed by atoms with E-state index in [-0.39, 0.29) is 17.8 Å². The van der Waals surface area contributed by atoms with Gasteiger partial charge in [-0.3, -0.25) is 0 Å². The lowest BCUT2D eigenvalue weighted by molar-refractivity contribution is 0.0509.